The molecule has 0 aromatic rings. The quantitative estimate of drug-likeness (QED) is 0.464. The predicted molar refractivity (Wildman–Crippen MR) is 42.0 cm³/mol. The van der Waals surface area contributed by atoms with Gasteiger partial charge in [-0.05, 0) is 19.9 Å². The van der Waals surface area contributed by atoms with Crippen LogP contribution in [0.25, 0.3) is 0 Å². The zero-order valence-electron chi connectivity index (χ0n) is 6.47. The second-order valence-electron chi connectivity index (χ2n) is 2.55. The van der Waals surface area contributed by atoms with Gasteiger partial charge in [0.2, 0.25) is 0 Å². The lowest BCUT2D eigenvalue weighted by atomic mass is 10.2. The number of rotatable bonds is 4. The Morgan fingerprint density at radius 2 is 2.40 bits per heavy atom. The summed E-state index contributed by atoms with van der Waals surface area (Å²) in [5.41, 5.74) is 0. The summed E-state index contributed by atoms with van der Waals surface area (Å²) in [5, 5.41) is 3.38. The Hall–Kier alpha value is -0.340. The Bertz CT molecular complexity index is 108. The van der Waals surface area contributed by atoms with Crippen LogP contribution in [0.3, 0.4) is 0 Å². The normalized spacial score (nSPS) is 19.7. The molecule has 1 rings (SSSR count). The van der Waals surface area contributed by atoms with Crippen molar-refractivity contribution in [2.24, 2.45) is 0 Å². The maximum absolute atomic E-state index is 5.01. The summed E-state index contributed by atoms with van der Waals surface area (Å²) < 4.78 is 5.01. The summed E-state index contributed by atoms with van der Waals surface area (Å²) >= 11 is 0. The van der Waals surface area contributed by atoms with E-state index in [-0.39, 0.29) is 0 Å². The van der Waals surface area contributed by atoms with Crippen LogP contribution >= 0.6 is 0 Å². The molecule has 1 fully saturated rings. The minimum atomic E-state index is 0.630. The largest absolute Gasteiger partial charge is 0.378 e. The Morgan fingerprint density at radius 3 is 2.90 bits per heavy atom. The molecule has 0 radical (unpaired) electrons. The lowest BCUT2D eigenvalue weighted by Gasteiger charge is -2.26. The molecule has 0 atom stereocenters. The first-order valence-electron chi connectivity index (χ1n) is 3.86. The van der Waals surface area contributed by atoms with Gasteiger partial charge >= 0.3 is 0 Å². The van der Waals surface area contributed by atoms with E-state index in [4.69, 9.17) is 4.74 Å². The molecule has 1 heterocycles. The fourth-order valence-electron chi connectivity index (χ4n) is 0.891. The summed E-state index contributed by atoms with van der Waals surface area (Å²) in [6, 6.07) is 0.630. The molecule has 1 aliphatic heterocycles. The van der Waals surface area contributed by atoms with E-state index in [0.29, 0.717) is 6.04 Å². The van der Waals surface area contributed by atoms with E-state index in [1.54, 1.807) is 0 Å². The predicted octanol–water partition coefficient (Wildman–Crippen LogP) is 0.941. The highest BCUT2D eigenvalue weighted by Crippen LogP contribution is 1.98. The Kier molecular flexibility index (Phi) is 3.47. The maximum atomic E-state index is 5.01. The van der Waals surface area contributed by atoms with Gasteiger partial charge in [0.25, 0.3) is 0 Å². The van der Waals surface area contributed by atoms with Crippen molar-refractivity contribution in [3.63, 3.8) is 0 Å². The molecule has 2 heteroatoms. The highest BCUT2D eigenvalue weighted by Gasteiger charge is 2.15. The SMILES string of the molecule is C/C=C/CCNC1COC1. The Morgan fingerprint density at radius 1 is 1.60 bits per heavy atom. The first-order valence-corrected chi connectivity index (χ1v) is 3.86. The molecular weight excluding hydrogens is 126 g/mol. The van der Waals surface area contributed by atoms with Crippen LogP contribution < -0.4 is 5.32 Å². The third kappa shape index (κ3) is 2.50. The Balaban J connectivity index is 1.85. The van der Waals surface area contributed by atoms with Crippen molar-refractivity contribution >= 4 is 0 Å². The van der Waals surface area contributed by atoms with Gasteiger partial charge in [0.1, 0.15) is 0 Å². The van der Waals surface area contributed by atoms with Crippen LogP contribution in [0.2, 0.25) is 0 Å². The molecule has 0 aromatic carbocycles. The maximum Gasteiger partial charge on any atom is 0.0643 e. The van der Waals surface area contributed by atoms with Crippen LogP contribution in [0.15, 0.2) is 12.2 Å². The van der Waals surface area contributed by atoms with Crippen molar-refractivity contribution in [2.45, 2.75) is 19.4 Å². The minimum absolute atomic E-state index is 0.630. The first-order chi connectivity index (χ1) is 4.93. The summed E-state index contributed by atoms with van der Waals surface area (Å²) in [5.74, 6) is 0. The van der Waals surface area contributed by atoms with Crippen molar-refractivity contribution in [3.05, 3.63) is 12.2 Å². The Labute approximate surface area is 62.3 Å². The molecule has 0 aliphatic carbocycles. The molecule has 1 aliphatic rings. The van der Waals surface area contributed by atoms with Gasteiger partial charge in [0.05, 0.1) is 19.3 Å². The van der Waals surface area contributed by atoms with Gasteiger partial charge in [-0.25, -0.2) is 0 Å². The van der Waals surface area contributed by atoms with Crippen LogP contribution in [0, 0.1) is 0 Å². The molecule has 0 spiro atoms. The zero-order valence-corrected chi connectivity index (χ0v) is 6.47. The minimum Gasteiger partial charge on any atom is -0.378 e. The van der Waals surface area contributed by atoms with E-state index < -0.39 is 0 Å². The van der Waals surface area contributed by atoms with Gasteiger partial charge in [-0.1, -0.05) is 12.2 Å². The standard InChI is InChI=1S/C8H15NO/c1-2-3-4-5-9-8-6-10-7-8/h2-3,8-9H,4-7H2,1H3/b3-2+. The third-order valence-corrected chi connectivity index (χ3v) is 1.62. The molecule has 1 N–H and O–H groups in total. The molecule has 58 valence electrons. The second-order valence-corrected chi connectivity index (χ2v) is 2.55. The van der Waals surface area contributed by atoms with E-state index in [2.05, 4.69) is 17.5 Å². The lowest BCUT2D eigenvalue weighted by molar-refractivity contribution is -0.00460. The number of allylic oxidation sites excluding steroid dienone is 1. The monoisotopic (exact) mass is 141 g/mol. The summed E-state index contributed by atoms with van der Waals surface area (Å²) in [4.78, 5) is 0. The fraction of sp³-hybridized carbons (Fsp3) is 0.750. The molecule has 0 saturated carbocycles. The van der Waals surface area contributed by atoms with E-state index in [0.717, 1.165) is 26.2 Å². The van der Waals surface area contributed by atoms with E-state index in [9.17, 15) is 0 Å². The van der Waals surface area contributed by atoms with E-state index >= 15 is 0 Å². The topological polar surface area (TPSA) is 21.3 Å². The average Bonchev–Trinajstić information content (AvgIpc) is 1.84. The van der Waals surface area contributed by atoms with Crippen molar-refractivity contribution in [1.82, 2.24) is 5.32 Å². The molecule has 0 aromatic heterocycles. The van der Waals surface area contributed by atoms with Gasteiger partial charge in [0, 0.05) is 0 Å². The molecular formula is C8H15NO. The van der Waals surface area contributed by atoms with Gasteiger partial charge in [-0.15, -0.1) is 0 Å². The van der Waals surface area contributed by atoms with Gasteiger partial charge in [0.15, 0.2) is 0 Å². The number of ether oxygens (including phenoxy) is 1. The van der Waals surface area contributed by atoms with Crippen molar-refractivity contribution < 1.29 is 4.74 Å². The summed E-state index contributed by atoms with van der Waals surface area (Å²) in [7, 11) is 0. The van der Waals surface area contributed by atoms with Gasteiger partial charge in [-0.3, -0.25) is 0 Å². The van der Waals surface area contributed by atoms with Crippen molar-refractivity contribution in [1.29, 1.82) is 0 Å². The summed E-state index contributed by atoms with van der Waals surface area (Å²) in [6.45, 7) is 4.93. The smallest absolute Gasteiger partial charge is 0.0643 e. The number of nitrogens with one attached hydrogen (secondary N) is 1. The average molecular weight is 141 g/mol. The molecule has 0 bridgehead atoms. The van der Waals surface area contributed by atoms with Crippen LogP contribution in [0.4, 0.5) is 0 Å². The molecule has 2 nitrogen and oxygen atoms in total. The molecule has 1 saturated heterocycles. The van der Waals surface area contributed by atoms with Gasteiger partial charge in [-0.2, -0.15) is 0 Å². The van der Waals surface area contributed by atoms with Crippen molar-refractivity contribution in [2.75, 3.05) is 19.8 Å². The zero-order chi connectivity index (χ0) is 7.23. The fourth-order valence-corrected chi connectivity index (χ4v) is 0.891. The van der Waals surface area contributed by atoms with Gasteiger partial charge < -0.3 is 10.1 Å². The lowest BCUT2D eigenvalue weighted by Crippen LogP contribution is -2.46. The molecule has 10 heavy (non-hydrogen) atoms. The van der Waals surface area contributed by atoms with Crippen LogP contribution in [0.1, 0.15) is 13.3 Å². The van der Waals surface area contributed by atoms with Crippen molar-refractivity contribution in [3.8, 4) is 0 Å². The number of hydrogen-bond acceptors (Lipinski definition) is 2. The highest BCUT2D eigenvalue weighted by molar-refractivity contribution is 4.80. The third-order valence-electron chi connectivity index (χ3n) is 1.62. The first kappa shape index (κ1) is 7.76. The van der Waals surface area contributed by atoms with E-state index in [1.165, 1.54) is 0 Å². The molecule has 0 unspecified atom stereocenters. The van der Waals surface area contributed by atoms with Crippen LogP contribution in [-0.4, -0.2) is 25.8 Å². The molecule has 0 amide bonds. The van der Waals surface area contributed by atoms with E-state index in [1.807, 2.05) is 6.92 Å². The van der Waals surface area contributed by atoms with Crippen LogP contribution in [-0.2, 0) is 4.74 Å². The number of hydrogen-bond donors (Lipinski definition) is 1. The summed E-state index contributed by atoms with van der Waals surface area (Å²) in [6.07, 6.45) is 5.39. The highest BCUT2D eigenvalue weighted by atomic mass is 16.5. The van der Waals surface area contributed by atoms with Crippen LogP contribution in [0.5, 0.6) is 0 Å². The second kappa shape index (κ2) is 4.47.